The van der Waals surface area contributed by atoms with Crippen molar-refractivity contribution < 1.29 is 14.3 Å². The van der Waals surface area contributed by atoms with Crippen LogP contribution in [0.2, 0.25) is 0 Å². The van der Waals surface area contributed by atoms with E-state index >= 15 is 0 Å². The number of hydrogen-bond donors (Lipinski definition) is 0. The van der Waals surface area contributed by atoms with Crippen LogP contribution in [-0.2, 0) is 4.79 Å². The van der Waals surface area contributed by atoms with E-state index in [2.05, 4.69) is 0 Å². The molecule has 4 nitrogen and oxygen atoms in total. The highest BCUT2D eigenvalue weighted by Crippen LogP contribution is 2.19. The summed E-state index contributed by atoms with van der Waals surface area (Å²) < 4.78 is 5.52. The Morgan fingerprint density at radius 1 is 1.09 bits per heavy atom. The van der Waals surface area contributed by atoms with E-state index in [1.165, 1.54) is 0 Å². The molecular formula is C18H19NO3. The van der Waals surface area contributed by atoms with Crippen LogP contribution >= 0.6 is 0 Å². The molecule has 114 valence electrons. The van der Waals surface area contributed by atoms with Crippen molar-refractivity contribution >= 4 is 17.9 Å². The fourth-order valence-electron chi connectivity index (χ4n) is 2.24. The second-order valence-corrected chi connectivity index (χ2v) is 5.14. The lowest BCUT2D eigenvalue weighted by Gasteiger charge is -2.27. The molecule has 0 aliphatic heterocycles. The molecule has 2 aromatic rings. The van der Waals surface area contributed by atoms with Crippen molar-refractivity contribution in [3.63, 3.8) is 0 Å². The number of ether oxygens (including phenoxy) is 1. The number of benzene rings is 2. The first-order valence-corrected chi connectivity index (χ1v) is 7.17. The third-order valence-electron chi connectivity index (χ3n) is 3.22. The summed E-state index contributed by atoms with van der Waals surface area (Å²) >= 11 is 0. The number of amides is 1. The van der Waals surface area contributed by atoms with E-state index in [1.807, 2.05) is 44.2 Å². The van der Waals surface area contributed by atoms with Crippen molar-refractivity contribution in [2.75, 3.05) is 11.5 Å². The molecule has 0 aliphatic carbocycles. The van der Waals surface area contributed by atoms with E-state index < -0.39 is 0 Å². The van der Waals surface area contributed by atoms with Gasteiger partial charge in [0.2, 0.25) is 0 Å². The predicted molar refractivity (Wildman–Crippen MR) is 86.4 cm³/mol. The number of hydrogen-bond acceptors (Lipinski definition) is 3. The summed E-state index contributed by atoms with van der Waals surface area (Å²) in [5, 5.41) is 0. The smallest absolute Gasteiger partial charge is 0.265 e. The Bertz CT molecular complexity index is 638. The van der Waals surface area contributed by atoms with E-state index in [0.29, 0.717) is 11.3 Å². The number of carbonyl (C=O) groups is 2. The fourth-order valence-corrected chi connectivity index (χ4v) is 2.24. The predicted octanol–water partition coefficient (Wildman–Crippen LogP) is 3.32. The zero-order chi connectivity index (χ0) is 15.9. The van der Waals surface area contributed by atoms with Gasteiger partial charge in [-0.2, -0.15) is 0 Å². The molecule has 22 heavy (non-hydrogen) atoms. The summed E-state index contributed by atoms with van der Waals surface area (Å²) in [6.45, 7) is 3.78. The molecule has 0 N–H and O–H groups in total. The van der Waals surface area contributed by atoms with Crippen molar-refractivity contribution in [2.24, 2.45) is 0 Å². The third-order valence-corrected chi connectivity index (χ3v) is 3.22. The summed E-state index contributed by atoms with van der Waals surface area (Å²) in [6, 6.07) is 16.3. The number of rotatable bonds is 6. The Kier molecular flexibility index (Phi) is 5.31. The Morgan fingerprint density at radius 3 is 2.36 bits per heavy atom. The van der Waals surface area contributed by atoms with Gasteiger partial charge in [-0.05, 0) is 38.1 Å². The Balaban J connectivity index is 2.11. The van der Waals surface area contributed by atoms with Crippen molar-refractivity contribution in [1.29, 1.82) is 0 Å². The molecule has 0 saturated carbocycles. The highest BCUT2D eigenvalue weighted by atomic mass is 16.5. The van der Waals surface area contributed by atoms with Crippen LogP contribution in [-0.4, -0.2) is 24.8 Å². The second-order valence-electron chi connectivity index (χ2n) is 5.14. The summed E-state index contributed by atoms with van der Waals surface area (Å²) in [5.41, 5.74) is 1.26. The normalized spacial score (nSPS) is 10.3. The zero-order valence-electron chi connectivity index (χ0n) is 12.7. The molecular weight excluding hydrogens is 278 g/mol. The fraction of sp³-hybridized carbons (Fsp3) is 0.222. The van der Waals surface area contributed by atoms with E-state index in [4.69, 9.17) is 4.74 Å². The van der Waals surface area contributed by atoms with E-state index in [9.17, 15) is 9.59 Å². The molecule has 0 aliphatic rings. The molecule has 0 bridgehead atoms. The molecule has 0 spiro atoms. The van der Waals surface area contributed by atoms with Gasteiger partial charge in [0.1, 0.15) is 5.75 Å². The molecule has 0 aromatic heterocycles. The summed E-state index contributed by atoms with van der Waals surface area (Å²) in [6.07, 6.45) is 0.719. The van der Waals surface area contributed by atoms with Crippen LogP contribution in [0, 0.1) is 0 Å². The van der Waals surface area contributed by atoms with Gasteiger partial charge >= 0.3 is 0 Å². The number of carbonyl (C=O) groups excluding carboxylic acids is 2. The van der Waals surface area contributed by atoms with Gasteiger partial charge in [0.25, 0.3) is 5.91 Å². The summed E-state index contributed by atoms with van der Waals surface area (Å²) in [5.74, 6) is 0.268. The number of nitrogens with zero attached hydrogens (tertiary/aromatic N) is 1. The SMILES string of the molecule is CC(C)N(C(=O)COc1ccccc1C=O)c1ccccc1. The molecule has 2 rings (SSSR count). The molecule has 0 radical (unpaired) electrons. The van der Waals surface area contributed by atoms with Gasteiger partial charge in [0.15, 0.2) is 12.9 Å². The number of aldehydes is 1. The van der Waals surface area contributed by atoms with Gasteiger partial charge in [-0.15, -0.1) is 0 Å². The van der Waals surface area contributed by atoms with E-state index in [-0.39, 0.29) is 18.6 Å². The quantitative estimate of drug-likeness (QED) is 0.768. The average molecular weight is 297 g/mol. The molecule has 0 saturated heterocycles. The van der Waals surface area contributed by atoms with Crippen molar-refractivity contribution in [2.45, 2.75) is 19.9 Å². The van der Waals surface area contributed by atoms with Gasteiger partial charge in [0, 0.05) is 11.7 Å². The van der Waals surface area contributed by atoms with Crippen molar-refractivity contribution in [3.05, 3.63) is 60.2 Å². The van der Waals surface area contributed by atoms with Crippen LogP contribution < -0.4 is 9.64 Å². The van der Waals surface area contributed by atoms with Gasteiger partial charge in [0.05, 0.1) is 5.56 Å². The molecule has 0 atom stereocenters. The highest BCUT2D eigenvalue weighted by Gasteiger charge is 2.19. The number of para-hydroxylation sites is 2. The summed E-state index contributed by atoms with van der Waals surface area (Å²) in [4.78, 5) is 25.1. The second kappa shape index (κ2) is 7.41. The minimum Gasteiger partial charge on any atom is -0.483 e. The first kappa shape index (κ1) is 15.8. The zero-order valence-corrected chi connectivity index (χ0v) is 12.7. The Hall–Kier alpha value is -2.62. The molecule has 0 heterocycles. The van der Waals surface area contributed by atoms with Crippen LogP contribution in [0.25, 0.3) is 0 Å². The third kappa shape index (κ3) is 3.73. The highest BCUT2D eigenvalue weighted by molar-refractivity contribution is 5.95. The lowest BCUT2D eigenvalue weighted by Crippen LogP contribution is -2.40. The van der Waals surface area contributed by atoms with Crippen molar-refractivity contribution in [1.82, 2.24) is 0 Å². The lowest BCUT2D eigenvalue weighted by atomic mass is 10.2. The van der Waals surface area contributed by atoms with Gasteiger partial charge in [-0.3, -0.25) is 9.59 Å². The standard InChI is InChI=1S/C18H19NO3/c1-14(2)19(16-9-4-3-5-10-16)18(21)13-22-17-11-7-6-8-15(17)12-20/h3-12,14H,13H2,1-2H3. The monoisotopic (exact) mass is 297 g/mol. The molecule has 1 amide bonds. The first-order valence-electron chi connectivity index (χ1n) is 7.17. The lowest BCUT2D eigenvalue weighted by molar-refractivity contribution is -0.120. The Labute approximate surface area is 130 Å². The average Bonchev–Trinajstić information content (AvgIpc) is 2.54. The molecule has 0 fully saturated rings. The van der Waals surface area contributed by atoms with Crippen LogP contribution in [0.3, 0.4) is 0 Å². The topological polar surface area (TPSA) is 46.6 Å². The van der Waals surface area contributed by atoms with Crippen molar-refractivity contribution in [3.8, 4) is 5.75 Å². The molecule has 0 unspecified atom stereocenters. The molecule has 4 heteroatoms. The maximum absolute atomic E-state index is 12.5. The summed E-state index contributed by atoms with van der Waals surface area (Å²) in [7, 11) is 0. The van der Waals surface area contributed by atoms with E-state index in [0.717, 1.165) is 12.0 Å². The van der Waals surface area contributed by atoms with E-state index in [1.54, 1.807) is 29.2 Å². The minimum absolute atomic E-state index is 0.0137. The maximum atomic E-state index is 12.5. The molecule has 2 aromatic carbocycles. The Morgan fingerprint density at radius 2 is 1.73 bits per heavy atom. The minimum atomic E-state index is -0.151. The first-order chi connectivity index (χ1) is 10.6. The van der Waals surface area contributed by atoms with Crippen LogP contribution in [0.5, 0.6) is 5.75 Å². The van der Waals surface area contributed by atoms with Crippen LogP contribution in [0.4, 0.5) is 5.69 Å². The maximum Gasteiger partial charge on any atom is 0.265 e. The van der Waals surface area contributed by atoms with Crippen LogP contribution in [0.15, 0.2) is 54.6 Å². The van der Waals surface area contributed by atoms with Gasteiger partial charge in [-0.25, -0.2) is 0 Å². The largest absolute Gasteiger partial charge is 0.483 e. The van der Waals surface area contributed by atoms with Gasteiger partial charge < -0.3 is 9.64 Å². The van der Waals surface area contributed by atoms with Gasteiger partial charge in [-0.1, -0.05) is 30.3 Å². The number of anilines is 1. The van der Waals surface area contributed by atoms with Crippen LogP contribution in [0.1, 0.15) is 24.2 Å².